The summed E-state index contributed by atoms with van der Waals surface area (Å²) in [6.45, 7) is 6.26. The topological polar surface area (TPSA) is 131 Å². The van der Waals surface area contributed by atoms with Crippen molar-refractivity contribution in [2.45, 2.75) is 42.2 Å². The van der Waals surface area contributed by atoms with Crippen LogP contribution in [0.2, 0.25) is 5.02 Å². The summed E-state index contributed by atoms with van der Waals surface area (Å²) in [5.74, 6) is 1.03. The first-order valence-electron chi connectivity index (χ1n) is 9.92. The fourth-order valence-corrected chi connectivity index (χ4v) is 5.07. The van der Waals surface area contributed by atoms with Gasteiger partial charge in [-0.1, -0.05) is 18.5 Å². The van der Waals surface area contributed by atoms with Gasteiger partial charge in [0.15, 0.2) is 19.7 Å². The Labute approximate surface area is 198 Å². The molecule has 2 N–H and O–H groups in total. The molecule has 0 aliphatic carbocycles. The van der Waals surface area contributed by atoms with E-state index in [1.54, 1.807) is 39.0 Å². The first-order valence-corrected chi connectivity index (χ1v) is 13.4. The molecule has 1 aromatic carbocycles. The zero-order valence-electron chi connectivity index (χ0n) is 18.5. The summed E-state index contributed by atoms with van der Waals surface area (Å²) in [5.41, 5.74) is 0.105. The van der Waals surface area contributed by atoms with Crippen molar-refractivity contribution < 1.29 is 16.8 Å². The van der Waals surface area contributed by atoms with Crippen LogP contribution in [0.4, 0.5) is 23.1 Å². The van der Waals surface area contributed by atoms with Crippen LogP contribution >= 0.6 is 11.6 Å². The first-order chi connectivity index (χ1) is 15.3. The molecule has 0 atom stereocenters. The van der Waals surface area contributed by atoms with Crippen LogP contribution < -0.4 is 10.6 Å². The molecule has 0 radical (unpaired) electrons. The molecule has 0 saturated heterocycles. The second kappa shape index (κ2) is 9.24. The number of pyridine rings is 1. The van der Waals surface area contributed by atoms with Crippen molar-refractivity contribution >= 4 is 54.4 Å². The predicted molar refractivity (Wildman–Crippen MR) is 129 cm³/mol. The van der Waals surface area contributed by atoms with Crippen molar-refractivity contribution in [2.24, 2.45) is 0 Å². The summed E-state index contributed by atoms with van der Waals surface area (Å²) >= 11 is 5.85. The Balaban J connectivity index is 2.04. The van der Waals surface area contributed by atoms with E-state index in [9.17, 15) is 16.8 Å². The number of nitrogens with zero attached hydrogens (tertiary/aromatic N) is 3. The monoisotopic (exact) mass is 509 g/mol. The molecular formula is C21H24ClN5O4S2. The molecule has 33 heavy (non-hydrogen) atoms. The van der Waals surface area contributed by atoms with Crippen LogP contribution in [0.25, 0.3) is 0 Å². The predicted octanol–water partition coefficient (Wildman–Crippen LogP) is 4.38. The lowest BCUT2D eigenvalue weighted by Gasteiger charge is -2.22. The van der Waals surface area contributed by atoms with Crippen molar-refractivity contribution in [1.29, 1.82) is 0 Å². The van der Waals surface area contributed by atoms with Crippen LogP contribution in [0.3, 0.4) is 0 Å². The quantitative estimate of drug-likeness (QED) is 0.476. The lowest BCUT2D eigenvalue weighted by atomic mass is 10.3. The number of benzene rings is 1. The summed E-state index contributed by atoms with van der Waals surface area (Å²) < 4.78 is 50.1. The number of halogens is 1. The summed E-state index contributed by atoms with van der Waals surface area (Å²) in [4.78, 5) is 12.4. The van der Waals surface area contributed by atoms with Gasteiger partial charge in [-0.15, -0.1) is 0 Å². The molecule has 176 valence electrons. The Kier molecular flexibility index (Phi) is 6.96. The van der Waals surface area contributed by atoms with E-state index in [0.717, 1.165) is 0 Å². The van der Waals surface area contributed by atoms with E-state index in [1.165, 1.54) is 37.6 Å². The Hall–Kier alpha value is -2.76. The maximum atomic E-state index is 13.2. The second-order valence-corrected chi connectivity index (χ2v) is 13.5. The van der Waals surface area contributed by atoms with E-state index in [0.29, 0.717) is 16.7 Å². The third-order valence-corrected chi connectivity index (χ3v) is 9.20. The number of nitrogens with one attached hydrogen (secondary N) is 2. The van der Waals surface area contributed by atoms with Gasteiger partial charge in [0.1, 0.15) is 23.8 Å². The van der Waals surface area contributed by atoms with Gasteiger partial charge in [-0.25, -0.2) is 31.8 Å². The lowest BCUT2D eigenvalue weighted by Crippen LogP contribution is -2.28. The van der Waals surface area contributed by atoms with Crippen LogP contribution in [-0.2, 0) is 19.7 Å². The van der Waals surface area contributed by atoms with E-state index in [-0.39, 0.29) is 27.0 Å². The minimum Gasteiger partial charge on any atom is -0.339 e. The van der Waals surface area contributed by atoms with E-state index in [1.807, 2.05) is 0 Å². The Morgan fingerprint density at radius 1 is 0.879 bits per heavy atom. The molecule has 12 heteroatoms. The molecule has 2 aromatic heterocycles. The standard InChI is InChI=1S/C21H24ClN5O4S2/c1-5-32(28,29)15-7-8-17(33(30,31)21(2,3)4)16(10-15)26-19-11-20(25-13-24-19)27-18-9-6-14(22)12-23-18/h6-13H,5H2,1-4H3,(H2,23,24,25,26,27). The van der Waals surface area contributed by atoms with Crippen LogP contribution in [0.1, 0.15) is 27.7 Å². The maximum Gasteiger partial charge on any atom is 0.185 e. The highest BCUT2D eigenvalue weighted by atomic mass is 35.5. The molecule has 3 rings (SSSR count). The Morgan fingerprint density at radius 2 is 1.55 bits per heavy atom. The molecule has 9 nitrogen and oxygen atoms in total. The molecule has 0 saturated carbocycles. The smallest absolute Gasteiger partial charge is 0.185 e. The molecule has 0 aliphatic rings. The van der Waals surface area contributed by atoms with Gasteiger partial charge in [0.05, 0.1) is 31.0 Å². The largest absolute Gasteiger partial charge is 0.339 e. The van der Waals surface area contributed by atoms with Gasteiger partial charge >= 0.3 is 0 Å². The molecule has 0 bridgehead atoms. The van der Waals surface area contributed by atoms with E-state index < -0.39 is 24.4 Å². The summed E-state index contributed by atoms with van der Waals surface area (Å²) in [6, 6.07) is 8.81. The Morgan fingerprint density at radius 3 is 2.12 bits per heavy atom. The molecule has 0 spiro atoms. The minimum atomic E-state index is -3.80. The normalized spacial score (nSPS) is 12.4. The molecule has 0 amide bonds. The van der Waals surface area contributed by atoms with Crippen LogP contribution in [0.15, 0.2) is 58.7 Å². The highest BCUT2D eigenvalue weighted by molar-refractivity contribution is 7.93. The Bertz CT molecular complexity index is 1370. The number of rotatable bonds is 7. The minimum absolute atomic E-state index is 0.0122. The van der Waals surface area contributed by atoms with Crippen LogP contribution in [0.5, 0.6) is 0 Å². The van der Waals surface area contributed by atoms with Crippen LogP contribution in [0, 0.1) is 0 Å². The van der Waals surface area contributed by atoms with Gasteiger partial charge < -0.3 is 10.6 Å². The van der Waals surface area contributed by atoms with Crippen molar-refractivity contribution in [2.75, 3.05) is 16.4 Å². The van der Waals surface area contributed by atoms with E-state index in [4.69, 9.17) is 11.6 Å². The van der Waals surface area contributed by atoms with Crippen molar-refractivity contribution in [1.82, 2.24) is 15.0 Å². The fourth-order valence-electron chi connectivity index (χ4n) is 2.74. The highest BCUT2D eigenvalue weighted by Crippen LogP contribution is 2.34. The summed E-state index contributed by atoms with van der Waals surface area (Å²) in [6.07, 6.45) is 2.76. The molecular weight excluding hydrogens is 486 g/mol. The highest BCUT2D eigenvalue weighted by Gasteiger charge is 2.33. The van der Waals surface area contributed by atoms with Gasteiger partial charge in [-0.3, -0.25) is 0 Å². The van der Waals surface area contributed by atoms with Gasteiger partial charge in [0.25, 0.3) is 0 Å². The molecule has 0 unspecified atom stereocenters. The summed E-state index contributed by atoms with van der Waals surface area (Å²) in [7, 11) is -7.36. The maximum absolute atomic E-state index is 13.2. The zero-order chi connectivity index (χ0) is 24.4. The lowest BCUT2D eigenvalue weighted by molar-refractivity contribution is 0.560. The number of anilines is 4. The molecule has 0 aliphatic heterocycles. The molecule has 0 fully saturated rings. The molecule has 2 heterocycles. The zero-order valence-corrected chi connectivity index (χ0v) is 20.9. The van der Waals surface area contributed by atoms with Gasteiger partial charge in [-0.2, -0.15) is 0 Å². The number of sulfone groups is 2. The first kappa shape index (κ1) is 24.9. The number of hydrogen-bond acceptors (Lipinski definition) is 9. The van der Waals surface area contributed by atoms with Gasteiger partial charge in [0, 0.05) is 12.3 Å². The number of aromatic nitrogens is 3. The van der Waals surface area contributed by atoms with Gasteiger partial charge in [-0.05, 0) is 51.1 Å². The van der Waals surface area contributed by atoms with Crippen molar-refractivity contribution in [3.63, 3.8) is 0 Å². The third kappa shape index (κ3) is 5.60. The van der Waals surface area contributed by atoms with Crippen LogP contribution in [-0.4, -0.2) is 42.3 Å². The fraction of sp³-hybridized carbons (Fsp3) is 0.286. The van der Waals surface area contributed by atoms with E-state index in [2.05, 4.69) is 25.6 Å². The average molecular weight is 510 g/mol. The number of hydrogen-bond donors (Lipinski definition) is 2. The second-order valence-electron chi connectivity index (χ2n) is 8.08. The van der Waals surface area contributed by atoms with E-state index >= 15 is 0 Å². The SMILES string of the molecule is CCS(=O)(=O)c1ccc(S(=O)(=O)C(C)(C)C)c(Nc2cc(Nc3ccc(Cl)cn3)ncn2)c1. The third-order valence-electron chi connectivity index (χ3n) is 4.70. The summed E-state index contributed by atoms with van der Waals surface area (Å²) in [5, 5.41) is 6.43. The van der Waals surface area contributed by atoms with Crippen molar-refractivity contribution in [3.05, 3.63) is 53.9 Å². The van der Waals surface area contributed by atoms with Gasteiger partial charge in [0.2, 0.25) is 0 Å². The average Bonchev–Trinajstić information content (AvgIpc) is 2.74. The molecule has 3 aromatic rings. The van der Waals surface area contributed by atoms with Crippen molar-refractivity contribution in [3.8, 4) is 0 Å².